The highest BCUT2D eigenvalue weighted by atomic mass is 16.2. The number of nitrogens with zero attached hydrogens (tertiary/aromatic N) is 1. The molecule has 17 heavy (non-hydrogen) atoms. The van der Waals surface area contributed by atoms with E-state index in [-0.39, 0.29) is 6.03 Å². The molecule has 1 aliphatic heterocycles. The topological polar surface area (TPSA) is 32.3 Å². The van der Waals surface area contributed by atoms with Crippen LogP contribution in [-0.2, 0) is 0 Å². The molecular weight excluding hydrogens is 212 g/mol. The molecule has 3 nitrogen and oxygen atoms in total. The van der Waals surface area contributed by atoms with Gasteiger partial charge in [0.25, 0.3) is 0 Å². The summed E-state index contributed by atoms with van der Waals surface area (Å²) in [6, 6.07) is 0.569. The molecule has 3 unspecified atom stereocenters. The summed E-state index contributed by atoms with van der Waals surface area (Å²) in [5, 5.41) is 3.23. The van der Waals surface area contributed by atoms with Gasteiger partial charge in [0.2, 0.25) is 0 Å². The number of amides is 2. The molecule has 2 amide bonds. The molecule has 1 aliphatic carbocycles. The van der Waals surface area contributed by atoms with Crippen molar-refractivity contribution < 1.29 is 4.79 Å². The first-order chi connectivity index (χ1) is 8.08. The van der Waals surface area contributed by atoms with Crippen molar-refractivity contribution in [3.8, 4) is 0 Å². The molecule has 1 heterocycles. The standard InChI is InChI=1S/C14H26N2O/c1-10-6-8-16(9-7-10)14(17)15-13-5-4-11(2)12(13)3/h10-13H,4-9H2,1-3H3,(H,15,17). The molecule has 3 atom stereocenters. The van der Waals surface area contributed by atoms with Crippen LogP contribution in [0.4, 0.5) is 4.79 Å². The number of carbonyl (C=O) groups excluding carboxylic acids is 1. The first-order valence-corrected chi connectivity index (χ1v) is 7.13. The van der Waals surface area contributed by atoms with Gasteiger partial charge in [0.15, 0.2) is 0 Å². The molecule has 1 saturated carbocycles. The Labute approximate surface area is 105 Å². The molecule has 0 aromatic heterocycles. The normalized spacial score (nSPS) is 35.0. The van der Waals surface area contributed by atoms with Crippen LogP contribution in [0.25, 0.3) is 0 Å². The van der Waals surface area contributed by atoms with Gasteiger partial charge >= 0.3 is 6.03 Å². The van der Waals surface area contributed by atoms with Crippen LogP contribution in [0.1, 0.15) is 46.5 Å². The molecule has 3 heteroatoms. The van der Waals surface area contributed by atoms with Crippen molar-refractivity contribution in [1.29, 1.82) is 0 Å². The van der Waals surface area contributed by atoms with E-state index in [2.05, 4.69) is 26.1 Å². The average molecular weight is 238 g/mol. The van der Waals surface area contributed by atoms with Crippen LogP contribution in [0.15, 0.2) is 0 Å². The zero-order valence-electron chi connectivity index (χ0n) is 11.4. The van der Waals surface area contributed by atoms with E-state index in [0.29, 0.717) is 12.0 Å². The predicted molar refractivity (Wildman–Crippen MR) is 69.9 cm³/mol. The number of hydrogen-bond donors (Lipinski definition) is 1. The van der Waals surface area contributed by atoms with Crippen molar-refractivity contribution in [3.05, 3.63) is 0 Å². The van der Waals surface area contributed by atoms with E-state index in [1.165, 1.54) is 6.42 Å². The van der Waals surface area contributed by atoms with Crippen LogP contribution < -0.4 is 5.32 Å². The number of hydrogen-bond acceptors (Lipinski definition) is 1. The molecule has 2 fully saturated rings. The minimum absolute atomic E-state index is 0.169. The van der Waals surface area contributed by atoms with Crippen LogP contribution in [-0.4, -0.2) is 30.1 Å². The Morgan fingerprint density at radius 3 is 2.24 bits per heavy atom. The van der Waals surface area contributed by atoms with Crippen LogP contribution in [0.2, 0.25) is 0 Å². The summed E-state index contributed by atoms with van der Waals surface area (Å²) >= 11 is 0. The highest BCUT2D eigenvalue weighted by Gasteiger charge is 2.32. The largest absolute Gasteiger partial charge is 0.335 e. The molecule has 2 rings (SSSR count). The summed E-state index contributed by atoms with van der Waals surface area (Å²) in [5.74, 6) is 2.16. The zero-order valence-corrected chi connectivity index (χ0v) is 11.4. The van der Waals surface area contributed by atoms with Crippen LogP contribution in [0.3, 0.4) is 0 Å². The fraction of sp³-hybridized carbons (Fsp3) is 0.929. The van der Waals surface area contributed by atoms with Gasteiger partial charge in [-0.1, -0.05) is 20.8 Å². The summed E-state index contributed by atoms with van der Waals surface area (Å²) < 4.78 is 0. The SMILES string of the molecule is CC1CCN(C(=O)NC2CCC(C)C2C)CC1. The van der Waals surface area contributed by atoms with E-state index in [1.54, 1.807) is 0 Å². The van der Waals surface area contributed by atoms with Crippen LogP contribution in [0.5, 0.6) is 0 Å². The van der Waals surface area contributed by atoms with Gasteiger partial charge in [-0.2, -0.15) is 0 Å². The van der Waals surface area contributed by atoms with Gasteiger partial charge in [-0.15, -0.1) is 0 Å². The van der Waals surface area contributed by atoms with Gasteiger partial charge in [-0.05, 0) is 43.4 Å². The molecule has 2 aliphatic rings. The van der Waals surface area contributed by atoms with E-state index < -0.39 is 0 Å². The number of carbonyl (C=O) groups is 1. The van der Waals surface area contributed by atoms with Gasteiger partial charge in [-0.3, -0.25) is 0 Å². The zero-order chi connectivity index (χ0) is 12.4. The van der Waals surface area contributed by atoms with Gasteiger partial charge in [0.1, 0.15) is 0 Å². The number of piperidine rings is 1. The van der Waals surface area contributed by atoms with Gasteiger partial charge < -0.3 is 10.2 Å². The maximum atomic E-state index is 12.1. The minimum Gasteiger partial charge on any atom is -0.335 e. The monoisotopic (exact) mass is 238 g/mol. The lowest BCUT2D eigenvalue weighted by Gasteiger charge is -2.32. The van der Waals surface area contributed by atoms with Crippen molar-refractivity contribution in [1.82, 2.24) is 10.2 Å². The van der Waals surface area contributed by atoms with Crippen molar-refractivity contribution in [3.63, 3.8) is 0 Å². The van der Waals surface area contributed by atoms with Gasteiger partial charge in [0, 0.05) is 19.1 Å². The molecule has 98 valence electrons. The Balaban J connectivity index is 1.81. The second kappa shape index (κ2) is 5.28. The fourth-order valence-electron chi connectivity index (χ4n) is 3.03. The van der Waals surface area contributed by atoms with Crippen molar-refractivity contribution in [2.45, 2.75) is 52.5 Å². The Bertz CT molecular complexity index is 271. The number of nitrogens with one attached hydrogen (secondary N) is 1. The number of likely N-dealkylation sites (tertiary alicyclic amines) is 1. The third-order valence-electron chi connectivity index (χ3n) is 4.84. The Hall–Kier alpha value is -0.730. The summed E-state index contributed by atoms with van der Waals surface area (Å²) in [4.78, 5) is 14.1. The van der Waals surface area contributed by atoms with Crippen LogP contribution >= 0.6 is 0 Å². The second-order valence-corrected chi connectivity index (χ2v) is 6.14. The molecule has 1 saturated heterocycles. The Morgan fingerprint density at radius 2 is 1.71 bits per heavy atom. The maximum Gasteiger partial charge on any atom is 0.317 e. The molecule has 1 N–H and O–H groups in total. The quantitative estimate of drug-likeness (QED) is 0.748. The summed E-state index contributed by atoms with van der Waals surface area (Å²) in [7, 11) is 0. The average Bonchev–Trinajstić information content (AvgIpc) is 2.62. The third kappa shape index (κ3) is 2.93. The Kier molecular flexibility index (Phi) is 3.95. The lowest BCUT2D eigenvalue weighted by atomic mass is 9.97. The molecular formula is C14H26N2O. The summed E-state index contributed by atoms with van der Waals surface area (Å²) in [6.45, 7) is 8.70. The van der Waals surface area contributed by atoms with Crippen molar-refractivity contribution in [2.24, 2.45) is 17.8 Å². The highest BCUT2D eigenvalue weighted by Crippen LogP contribution is 2.31. The van der Waals surface area contributed by atoms with E-state index in [1.807, 2.05) is 4.90 Å². The third-order valence-corrected chi connectivity index (χ3v) is 4.84. The second-order valence-electron chi connectivity index (χ2n) is 6.14. The fourth-order valence-corrected chi connectivity index (χ4v) is 3.03. The summed E-state index contributed by atoms with van der Waals surface area (Å²) in [6.07, 6.45) is 4.72. The predicted octanol–water partition coefficient (Wildman–Crippen LogP) is 2.86. The highest BCUT2D eigenvalue weighted by molar-refractivity contribution is 5.74. The van der Waals surface area contributed by atoms with Crippen molar-refractivity contribution >= 4 is 6.03 Å². The minimum atomic E-state index is 0.169. The first-order valence-electron chi connectivity index (χ1n) is 7.13. The smallest absolute Gasteiger partial charge is 0.317 e. The van der Waals surface area contributed by atoms with Crippen molar-refractivity contribution in [2.75, 3.05) is 13.1 Å². The molecule has 0 aromatic rings. The molecule has 0 radical (unpaired) electrons. The molecule has 0 spiro atoms. The molecule has 0 bridgehead atoms. The van der Waals surface area contributed by atoms with Crippen LogP contribution in [0, 0.1) is 17.8 Å². The maximum absolute atomic E-state index is 12.1. The van der Waals surface area contributed by atoms with Gasteiger partial charge in [-0.25, -0.2) is 4.79 Å². The van der Waals surface area contributed by atoms with E-state index in [0.717, 1.165) is 44.2 Å². The molecule has 0 aromatic carbocycles. The van der Waals surface area contributed by atoms with E-state index in [9.17, 15) is 4.79 Å². The van der Waals surface area contributed by atoms with E-state index >= 15 is 0 Å². The lowest BCUT2D eigenvalue weighted by Crippen LogP contribution is -2.48. The first kappa shape index (κ1) is 12.7. The lowest BCUT2D eigenvalue weighted by molar-refractivity contribution is 0.167. The number of urea groups is 1. The number of rotatable bonds is 1. The summed E-state index contributed by atoms with van der Waals surface area (Å²) in [5.41, 5.74) is 0. The Morgan fingerprint density at radius 1 is 1.06 bits per heavy atom. The van der Waals surface area contributed by atoms with Gasteiger partial charge in [0.05, 0.1) is 0 Å². The van der Waals surface area contributed by atoms with E-state index in [4.69, 9.17) is 0 Å².